The van der Waals surface area contributed by atoms with E-state index in [-0.39, 0.29) is 23.7 Å². The molecule has 2 aromatic rings. The number of carbonyl (C=O) groups excluding carboxylic acids is 1. The maximum atomic E-state index is 14.3. The fourth-order valence-electron chi connectivity index (χ4n) is 3.03. The number of ether oxygens (including phenoxy) is 1. The van der Waals surface area contributed by atoms with Gasteiger partial charge in [0.15, 0.2) is 0 Å². The van der Waals surface area contributed by atoms with Crippen molar-refractivity contribution in [3.8, 4) is 17.0 Å². The summed E-state index contributed by atoms with van der Waals surface area (Å²) in [6.07, 6.45) is 2.62. The van der Waals surface area contributed by atoms with E-state index in [1.54, 1.807) is 12.3 Å². The van der Waals surface area contributed by atoms with Gasteiger partial charge < -0.3 is 10.1 Å². The van der Waals surface area contributed by atoms with Crippen LogP contribution < -0.4 is 10.1 Å². The summed E-state index contributed by atoms with van der Waals surface area (Å²) in [6, 6.07) is 3.13. The first-order valence-electron chi connectivity index (χ1n) is 8.97. The number of benzene rings is 1. The SMILES string of the molecule is CC[C@H](C)C(=O)NC[C@@H]1Cc2c(F)ccc(-c3nc(C)cnc3C)c2O1. The van der Waals surface area contributed by atoms with Gasteiger partial charge in [0, 0.05) is 29.7 Å². The van der Waals surface area contributed by atoms with Gasteiger partial charge in [-0.2, -0.15) is 0 Å². The average Bonchev–Trinajstić information content (AvgIpc) is 3.06. The van der Waals surface area contributed by atoms with Gasteiger partial charge in [0.2, 0.25) is 5.91 Å². The minimum absolute atomic E-state index is 0.00635. The summed E-state index contributed by atoms with van der Waals surface area (Å²) in [5.41, 5.74) is 3.53. The molecule has 0 spiro atoms. The van der Waals surface area contributed by atoms with Crippen molar-refractivity contribution in [2.24, 2.45) is 5.92 Å². The van der Waals surface area contributed by atoms with E-state index in [1.807, 2.05) is 27.7 Å². The topological polar surface area (TPSA) is 64.1 Å². The highest BCUT2D eigenvalue weighted by atomic mass is 19.1. The number of rotatable bonds is 5. The van der Waals surface area contributed by atoms with Gasteiger partial charge in [0.1, 0.15) is 17.7 Å². The van der Waals surface area contributed by atoms with Crippen LogP contribution in [0, 0.1) is 25.6 Å². The zero-order valence-electron chi connectivity index (χ0n) is 15.6. The van der Waals surface area contributed by atoms with Crippen molar-refractivity contribution in [2.45, 2.75) is 46.6 Å². The Morgan fingerprint density at radius 2 is 2.19 bits per heavy atom. The normalized spacial score (nSPS) is 16.7. The van der Waals surface area contributed by atoms with Crippen LogP contribution >= 0.6 is 0 Å². The van der Waals surface area contributed by atoms with E-state index in [9.17, 15) is 9.18 Å². The molecule has 0 bridgehead atoms. The van der Waals surface area contributed by atoms with E-state index in [0.717, 1.165) is 23.4 Å². The van der Waals surface area contributed by atoms with Gasteiger partial charge in [-0.25, -0.2) is 9.37 Å². The van der Waals surface area contributed by atoms with Crippen LogP contribution in [0.5, 0.6) is 5.75 Å². The van der Waals surface area contributed by atoms with Crippen molar-refractivity contribution in [1.82, 2.24) is 15.3 Å². The molecule has 1 aromatic heterocycles. The van der Waals surface area contributed by atoms with Gasteiger partial charge in [-0.3, -0.25) is 9.78 Å². The summed E-state index contributed by atoms with van der Waals surface area (Å²) in [5, 5.41) is 2.89. The molecule has 0 radical (unpaired) electrons. The van der Waals surface area contributed by atoms with Crippen LogP contribution in [-0.2, 0) is 11.2 Å². The molecule has 0 saturated heterocycles. The first-order chi connectivity index (χ1) is 12.4. The fourth-order valence-corrected chi connectivity index (χ4v) is 3.03. The van der Waals surface area contributed by atoms with Crippen LogP contribution in [0.4, 0.5) is 4.39 Å². The predicted molar refractivity (Wildman–Crippen MR) is 97.5 cm³/mol. The molecule has 6 heteroatoms. The third kappa shape index (κ3) is 3.54. The molecule has 1 aliphatic rings. The third-order valence-electron chi connectivity index (χ3n) is 4.81. The largest absolute Gasteiger partial charge is 0.487 e. The highest BCUT2D eigenvalue weighted by molar-refractivity contribution is 5.78. The fraction of sp³-hybridized carbons (Fsp3) is 0.450. The molecule has 138 valence electrons. The lowest BCUT2D eigenvalue weighted by atomic mass is 10.0. The van der Waals surface area contributed by atoms with E-state index < -0.39 is 0 Å². The molecular weight excluding hydrogens is 333 g/mol. The summed E-state index contributed by atoms with van der Waals surface area (Å²) in [6.45, 7) is 7.95. The Labute approximate surface area is 153 Å². The van der Waals surface area contributed by atoms with Crippen LogP contribution in [0.15, 0.2) is 18.3 Å². The quantitative estimate of drug-likeness (QED) is 0.891. The smallest absolute Gasteiger partial charge is 0.222 e. The summed E-state index contributed by atoms with van der Waals surface area (Å²) in [5.74, 6) is 0.165. The Hall–Kier alpha value is -2.50. The number of nitrogens with zero attached hydrogens (tertiary/aromatic N) is 2. The number of hydrogen-bond donors (Lipinski definition) is 1. The molecule has 26 heavy (non-hydrogen) atoms. The Morgan fingerprint density at radius 3 is 2.92 bits per heavy atom. The summed E-state index contributed by atoms with van der Waals surface area (Å²) >= 11 is 0. The maximum absolute atomic E-state index is 14.3. The van der Waals surface area contributed by atoms with Gasteiger partial charge in [-0.1, -0.05) is 13.8 Å². The molecule has 2 atom stereocenters. The second-order valence-electron chi connectivity index (χ2n) is 6.85. The molecule has 0 unspecified atom stereocenters. The number of hydrogen-bond acceptors (Lipinski definition) is 4. The molecule has 5 nitrogen and oxygen atoms in total. The number of amides is 1. The minimum atomic E-state index is -0.294. The molecule has 0 saturated carbocycles. The average molecular weight is 357 g/mol. The van der Waals surface area contributed by atoms with E-state index >= 15 is 0 Å². The number of nitrogens with one attached hydrogen (secondary N) is 1. The van der Waals surface area contributed by atoms with Crippen molar-refractivity contribution >= 4 is 5.91 Å². The van der Waals surface area contributed by atoms with Crippen LogP contribution in [0.3, 0.4) is 0 Å². The summed E-state index contributed by atoms with van der Waals surface area (Å²) in [4.78, 5) is 20.9. The van der Waals surface area contributed by atoms with Gasteiger partial charge in [0.05, 0.1) is 23.6 Å². The zero-order valence-corrected chi connectivity index (χ0v) is 15.6. The highest BCUT2D eigenvalue weighted by Crippen LogP contribution is 2.40. The lowest BCUT2D eigenvalue weighted by molar-refractivity contribution is -0.124. The second kappa shape index (κ2) is 7.40. The van der Waals surface area contributed by atoms with Crippen molar-refractivity contribution in [3.63, 3.8) is 0 Å². The third-order valence-corrected chi connectivity index (χ3v) is 4.81. The first-order valence-corrected chi connectivity index (χ1v) is 8.97. The number of aryl methyl sites for hydroxylation is 2. The molecule has 1 amide bonds. The lowest BCUT2D eigenvalue weighted by Crippen LogP contribution is -2.37. The Morgan fingerprint density at radius 1 is 1.42 bits per heavy atom. The molecule has 1 aliphatic heterocycles. The van der Waals surface area contributed by atoms with Crippen molar-refractivity contribution in [2.75, 3.05) is 6.54 Å². The standard InChI is InChI=1S/C20H24FN3O2/c1-5-11(2)20(25)23-10-14-8-16-17(21)7-6-15(19(16)26-14)18-13(4)22-9-12(3)24-18/h6-7,9,11,14H,5,8,10H2,1-4H3,(H,23,25)/t11-,14-/m0/s1. The monoisotopic (exact) mass is 357 g/mol. The van der Waals surface area contributed by atoms with Gasteiger partial charge in [-0.15, -0.1) is 0 Å². The Bertz CT molecular complexity index is 838. The highest BCUT2D eigenvalue weighted by Gasteiger charge is 2.30. The Kier molecular flexibility index (Phi) is 5.20. The summed E-state index contributed by atoms with van der Waals surface area (Å²) < 4.78 is 20.3. The van der Waals surface area contributed by atoms with Gasteiger partial charge in [-0.05, 0) is 32.4 Å². The second-order valence-corrected chi connectivity index (χ2v) is 6.85. The summed E-state index contributed by atoms with van der Waals surface area (Å²) in [7, 11) is 0. The number of fused-ring (bicyclic) bond motifs is 1. The van der Waals surface area contributed by atoms with Crippen LogP contribution in [-0.4, -0.2) is 28.5 Å². The van der Waals surface area contributed by atoms with Crippen molar-refractivity contribution < 1.29 is 13.9 Å². The first kappa shape index (κ1) is 18.3. The van der Waals surface area contributed by atoms with E-state index in [4.69, 9.17) is 4.74 Å². The number of carbonyl (C=O) groups is 1. The molecule has 1 aromatic carbocycles. The van der Waals surface area contributed by atoms with Crippen molar-refractivity contribution in [3.05, 3.63) is 41.1 Å². The maximum Gasteiger partial charge on any atom is 0.222 e. The van der Waals surface area contributed by atoms with Gasteiger partial charge >= 0.3 is 0 Å². The molecule has 0 fully saturated rings. The molecular formula is C20H24FN3O2. The number of aromatic nitrogens is 2. The molecule has 0 aliphatic carbocycles. The van der Waals surface area contributed by atoms with Crippen LogP contribution in [0.2, 0.25) is 0 Å². The van der Waals surface area contributed by atoms with E-state index in [2.05, 4.69) is 15.3 Å². The zero-order chi connectivity index (χ0) is 18.8. The molecule has 2 heterocycles. The van der Waals surface area contributed by atoms with Crippen LogP contribution in [0.1, 0.15) is 37.2 Å². The predicted octanol–water partition coefficient (Wildman–Crippen LogP) is 3.37. The van der Waals surface area contributed by atoms with E-state index in [1.165, 1.54) is 6.07 Å². The van der Waals surface area contributed by atoms with Crippen LogP contribution in [0.25, 0.3) is 11.3 Å². The Balaban J connectivity index is 1.84. The lowest BCUT2D eigenvalue weighted by Gasteiger charge is -2.15. The minimum Gasteiger partial charge on any atom is -0.487 e. The molecule has 3 rings (SSSR count). The van der Waals surface area contributed by atoms with Gasteiger partial charge in [0.25, 0.3) is 0 Å². The number of halogens is 1. The van der Waals surface area contributed by atoms with Crippen molar-refractivity contribution in [1.29, 1.82) is 0 Å². The molecule has 1 N–H and O–H groups in total. The van der Waals surface area contributed by atoms with E-state index in [0.29, 0.717) is 30.0 Å².